The Kier molecular flexibility index (Phi) is 9.38. The molecule has 4 N–H and O–H groups in total. The summed E-state index contributed by atoms with van der Waals surface area (Å²) in [5.74, 6) is 0.146. The summed E-state index contributed by atoms with van der Waals surface area (Å²) in [6, 6.07) is 14.2. The van der Waals surface area contributed by atoms with Gasteiger partial charge in [0.1, 0.15) is 42.4 Å². The van der Waals surface area contributed by atoms with Gasteiger partial charge in [-0.3, -0.25) is 0 Å². The lowest BCUT2D eigenvalue weighted by atomic mass is 9.99. The predicted octanol–water partition coefficient (Wildman–Crippen LogP) is 2.29. The fourth-order valence-corrected chi connectivity index (χ4v) is 4.01. The molecule has 1 aliphatic heterocycles. The molecule has 10 heteroatoms. The Morgan fingerprint density at radius 3 is 2.47 bits per heavy atom. The minimum absolute atomic E-state index is 0.0366. The summed E-state index contributed by atoms with van der Waals surface area (Å²) in [7, 11) is 0. The normalized spacial score (nSPS) is 23.6. The second-order valence-electron chi connectivity index (χ2n) is 8.81. The first kappa shape index (κ1) is 27.6. The van der Waals surface area contributed by atoms with Crippen LogP contribution in [0, 0.1) is 0 Å². The molecular formula is C28H32O10. The van der Waals surface area contributed by atoms with E-state index < -0.39 is 48.7 Å². The fraction of sp³-hybridized carbons (Fsp3) is 0.393. The third-order valence-corrected chi connectivity index (χ3v) is 6.06. The smallest absolute Gasteiger partial charge is 0.383 e. The molecule has 3 aromatic rings. The van der Waals surface area contributed by atoms with Gasteiger partial charge in [0, 0.05) is 6.07 Å². The molecule has 1 aliphatic rings. The maximum atomic E-state index is 13.1. The minimum atomic E-state index is -1.72. The van der Waals surface area contributed by atoms with Gasteiger partial charge < -0.3 is 43.8 Å². The van der Waals surface area contributed by atoms with Gasteiger partial charge in [0.2, 0.25) is 6.29 Å². The number of aliphatic hydroxyl groups is 4. The summed E-state index contributed by atoms with van der Waals surface area (Å²) >= 11 is 0. The summed E-state index contributed by atoms with van der Waals surface area (Å²) in [4.78, 5) is 13.1. The topological polar surface area (TPSA) is 148 Å². The van der Waals surface area contributed by atoms with E-state index in [1.54, 1.807) is 18.2 Å². The van der Waals surface area contributed by atoms with Gasteiger partial charge in [-0.15, -0.1) is 0 Å². The van der Waals surface area contributed by atoms with Crippen LogP contribution in [0.5, 0.6) is 17.2 Å². The summed E-state index contributed by atoms with van der Waals surface area (Å²) in [6.45, 7) is 1.94. The van der Waals surface area contributed by atoms with Crippen molar-refractivity contribution in [2.45, 2.75) is 57.1 Å². The second-order valence-corrected chi connectivity index (χ2v) is 8.81. The van der Waals surface area contributed by atoms with Gasteiger partial charge in [0.15, 0.2) is 5.75 Å². The van der Waals surface area contributed by atoms with Crippen LogP contribution in [-0.4, -0.2) is 64.3 Å². The van der Waals surface area contributed by atoms with Crippen molar-refractivity contribution in [1.82, 2.24) is 0 Å². The van der Waals surface area contributed by atoms with Crippen LogP contribution in [0.3, 0.4) is 0 Å². The van der Waals surface area contributed by atoms with Crippen LogP contribution in [0.2, 0.25) is 0 Å². The Bertz CT molecular complexity index is 1270. The monoisotopic (exact) mass is 528 g/mol. The Morgan fingerprint density at radius 1 is 0.947 bits per heavy atom. The molecule has 0 amide bonds. The molecule has 1 aromatic heterocycles. The molecule has 4 rings (SSSR count). The molecule has 0 unspecified atom stereocenters. The average molecular weight is 529 g/mol. The summed E-state index contributed by atoms with van der Waals surface area (Å²) in [6.07, 6.45) is -2.03. The predicted molar refractivity (Wildman–Crippen MR) is 137 cm³/mol. The van der Waals surface area contributed by atoms with Crippen molar-refractivity contribution in [3.05, 3.63) is 76.7 Å². The molecular weight excluding hydrogens is 496 g/mol. The number of hydrogen-bond acceptors (Lipinski definition) is 10. The van der Waals surface area contributed by atoms with Crippen molar-refractivity contribution in [2.24, 2.45) is 0 Å². The molecule has 0 saturated carbocycles. The zero-order chi connectivity index (χ0) is 27.1. The van der Waals surface area contributed by atoms with Gasteiger partial charge in [0.05, 0.1) is 18.6 Å². The van der Waals surface area contributed by atoms with Gasteiger partial charge in [-0.25, -0.2) is 4.79 Å². The first-order chi connectivity index (χ1) is 18.4. The SMILES string of the molecule is CCC=CCCOc1ccc2c(OCc3ccccc3)c(O[C@@H]3O[C@H](CO)[C@@H](O)[C@H](O)[C@H]3O)c(=O)oc2c1. The van der Waals surface area contributed by atoms with E-state index in [1.165, 1.54) is 0 Å². The first-order valence-electron chi connectivity index (χ1n) is 12.5. The Morgan fingerprint density at radius 2 is 1.74 bits per heavy atom. The zero-order valence-corrected chi connectivity index (χ0v) is 20.9. The first-order valence-corrected chi connectivity index (χ1v) is 12.5. The highest BCUT2D eigenvalue weighted by Gasteiger charge is 2.45. The van der Waals surface area contributed by atoms with Gasteiger partial charge in [-0.2, -0.15) is 0 Å². The van der Waals surface area contributed by atoms with Crippen LogP contribution in [0.1, 0.15) is 25.3 Å². The number of rotatable bonds is 11. The zero-order valence-electron chi connectivity index (χ0n) is 20.9. The number of benzene rings is 2. The van der Waals surface area contributed by atoms with E-state index in [9.17, 15) is 25.2 Å². The van der Waals surface area contributed by atoms with E-state index in [-0.39, 0.29) is 17.9 Å². The lowest BCUT2D eigenvalue weighted by molar-refractivity contribution is -0.278. The Labute approximate surface area is 219 Å². The fourth-order valence-electron chi connectivity index (χ4n) is 4.01. The lowest BCUT2D eigenvalue weighted by Gasteiger charge is -2.39. The maximum absolute atomic E-state index is 13.1. The maximum Gasteiger partial charge on any atom is 0.383 e. The molecule has 5 atom stereocenters. The van der Waals surface area contributed by atoms with Crippen LogP contribution in [0.15, 0.2) is 69.9 Å². The second kappa shape index (κ2) is 12.9. The van der Waals surface area contributed by atoms with Gasteiger partial charge in [0.25, 0.3) is 5.75 Å². The standard InChI is InChI=1S/C28H32O10/c1-2-3-4-8-13-34-18-11-12-19-20(14-18)36-27(33)26(25(19)35-16-17-9-6-5-7-10-17)38-28-24(32)23(31)22(30)21(15-29)37-28/h3-7,9-12,14,21-24,28-32H,2,8,13,15-16H2,1H3/t21-,22-,23+,24-,28+/m1/s1. The van der Waals surface area contributed by atoms with Crippen LogP contribution < -0.4 is 19.8 Å². The van der Waals surface area contributed by atoms with Gasteiger partial charge >= 0.3 is 5.63 Å². The van der Waals surface area contributed by atoms with Crippen molar-refractivity contribution in [3.63, 3.8) is 0 Å². The number of aliphatic hydroxyl groups excluding tert-OH is 4. The molecule has 2 aromatic carbocycles. The van der Waals surface area contributed by atoms with Crippen LogP contribution in [0.4, 0.5) is 0 Å². The van der Waals surface area contributed by atoms with Crippen molar-refractivity contribution in [1.29, 1.82) is 0 Å². The van der Waals surface area contributed by atoms with E-state index in [1.807, 2.05) is 36.4 Å². The molecule has 204 valence electrons. The number of allylic oxidation sites excluding steroid dienone is 1. The molecule has 0 radical (unpaired) electrons. The number of ether oxygens (including phenoxy) is 4. The molecule has 0 spiro atoms. The molecule has 2 heterocycles. The van der Waals surface area contributed by atoms with Crippen LogP contribution in [0.25, 0.3) is 11.0 Å². The van der Waals surface area contributed by atoms with Crippen molar-refractivity contribution in [3.8, 4) is 17.2 Å². The summed E-state index contributed by atoms with van der Waals surface area (Å²) < 4.78 is 28.4. The number of hydrogen-bond donors (Lipinski definition) is 4. The molecule has 1 saturated heterocycles. The van der Waals surface area contributed by atoms with Gasteiger partial charge in [-0.05, 0) is 30.5 Å². The van der Waals surface area contributed by atoms with Crippen LogP contribution >= 0.6 is 0 Å². The molecule has 1 fully saturated rings. The largest absolute Gasteiger partial charge is 0.493 e. The van der Waals surface area contributed by atoms with E-state index in [0.717, 1.165) is 18.4 Å². The quantitative estimate of drug-likeness (QED) is 0.166. The van der Waals surface area contributed by atoms with Gasteiger partial charge in [-0.1, -0.05) is 49.4 Å². The van der Waals surface area contributed by atoms with E-state index in [0.29, 0.717) is 17.7 Å². The Balaban J connectivity index is 1.67. The molecule has 0 aliphatic carbocycles. The summed E-state index contributed by atoms with van der Waals surface area (Å²) in [5, 5.41) is 40.5. The number of fused-ring (bicyclic) bond motifs is 1. The molecule has 0 bridgehead atoms. The van der Waals surface area contributed by atoms with Crippen molar-refractivity contribution < 1.29 is 43.8 Å². The van der Waals surface area contributed by atoms with E-state index in [4.69, 9.17) is 23.4 Å². The highest BCUT2D eigenvalue weighted by Crippen LogP contribution is 2.37. The Hall–Kier alpha value is -3.41. The van der Waals surface area contributed by atoms with Crippen molar-refractivity contribution >= 4 is 11.0 Å². The highest BCUT2D eigenvalue weighted by atomic mass is 16.7. The van der Waals surface area contributed by atoms with Crippen LogP contribution in [-0.2, 0) is 11.3 Å². The molecule has 38 heavy (non-hydrogen) atoms. The summed E-state index contributed by atoms with van der Waals surface area (Å²) in [5.41, 5.74) is 0.106. The third-order valence-electron chi connectivity index (χ3n) is 6.06. The van der Waals surface area contributed by atoms with E-state index in [2.05, 4.69) is 13.0 Å². The highest BCUT2D eigenvalue weighted by molar-refractivity contribution is 5.86. The lowest BCUT2D eigenvalue weighted by Crippen LogP contribution is -2.60. The average Bonchev–Trinajstić information content (AvgIpc) is 2.93. The van der Waals surface area contributed by atoms with E-state index >= 15 is 0 Å². The molecule has 10 nitrogen and oxygen atoms in total. The van der Waals surface area contributed by atoms with Crippen molar-refractivity contribution in [2.75, 3.05) is 13.2 Å². The third kappa shape index (κ3) is 6.35. The minimum Gasteiger partial charge on any atom is -0.493 e.